The Morgan fingerprint density at radius 3 is 2.50 bits per heavy atom. The maximum atomic E-state index is 11.7. The van der Waals surface area contributed by atoms with Gasteiger partial charge >= 0.3 is 0 Å². The van der Waals surface area contributed by atoms with E-state index >= 15 is 0 Å². The molecule has 0 unspecified atom stereocenters. The van der Waals surface area contributed by atoms with Gasteiger partial charge in [0, 0.05) is 10.0 Å². The van der Waals surface area contributed by atoms with Crippen LogP contribution in [0.15, 0.2) is 52.0 Å². The highest BCUT2D eigenvalue weighted by Crippen LogP contribution is 2.21. The van der Waals surface area contributed by atoms with Gasteiger partial charge < -0.3 is 14.2 Å². The molecule has 6 nitrogen and oxygen atoms in total. The van der Waals surface area contributed by atoms with Crippen LogP contribution in [0.25, 0.3) is 0 Å². The Kier molecular flexibility index (Phi) is 6.62. The molecule has 2 aromatic rings. The second-order valence-electron chi connectivity index (χ2n) is 4.64. The van der Waals surface area contributed by atoms with Crippen LogP contribution in [0, 0.1) is 0 Å². The van der Waals surface area contributed by atoms with E-state index in [4.69, 9.17) is 14.2 Å². The van der Waals surface area contributed by atoms with E-state index in [0.717, 1.165) is 15.8 Å². The van der Waals surface area contributed by atoms with Crippen LogP contribution in [0.1, 0.15) is 5.56 Å². The molecule has 0 aliphatic rings. The minimum absolute atomic E-state index is 0.140. The average Bonchev–Trinajstić information content (AvgIpc) is 2.60. The number of amides is 1. The molecule has 0 aliphatic carbocycles. The maximum Gasteiger partial charge on any atom is 0.277 e. The molecule has 2 aromatic carbocycles. The third kappa shape index (κ3) is 5.27. The topological polar surface area (TPSA) is 69.2 Å². The first-order valence-electron chi connectivity index (χ1n) is 7.04. The van der Waals surface area contributed by atoms with E-state index in [2.05, 4.69) is 26.5 Å². The van der Waals surface area contributed by atoms with E-state index in [1.807, 2.05) is 12.1 Å². The fourth-order valence-corrected chi connectivity index (χ4v) is 2.21. The summed E-state index contributed by atoms with van der Waals surface area (Å²) in [6.07, 6.45) is 1.51. The van der Waals surface area contributed by atoms with Crippen LogP contribution in [0.4, 0.5) is 0 Å². The van der Waals surface area contributed by atoms with Gasteiger partial charge in [-0.3, -0.25) is 4.79 Å². The first kappa shape index (κ1) is 17.8. The van der Waals surface area contributed by atoms with Crippen molar-refractivity contribution >= 4 is 28.1 Å². The molecule has 0 bridgehead atoms. The molecule has 0 saturated carbocycles. The lowest BCUT2D eigenvalue weighted by atomic mass is 10.2. The normalized spacial score (nSPS) is 10.5. The van der Waals surface area contributed by atoms with E-state index in [-0.39, 0.29) is 12.5 Å². The Bertz CT molecular complexity index is 717. The van der Waals surface area contributed by atoms with Gasteiger partial charge in [-0.25, -0.2) is 5.43 Å². The zero-order valence-corrected chi connectivity index (χ0v) is 14.9. The number of halogens is 1. The van der Waals surface area contributed by atoms with Crippen molar-refractivity contribution in [3.8, 4) is 17.2 Å². The predicted molar refractivity (Wildman–Crippen MR) is 94.9 cm³/mol. The summed E-state index contributed by atoms with van der Waals surface area (Å²) in [6.45, 7) is -0.140. The van der Waals surface area contributed by atoms with Crippen molar-refractivity contribution < 1.29 is 19.0 Å². The standard InChI is InChI=1S/C17H17BrN2O4/c1-22-14-4-6-15(7-5-14)24-11-17(21)20-19-10-12-9-13(18)3-8-16(12)23-2/h3-10H,11H2,1-2H3,(H,20,21)/b19-10-. The minimum Gasteiger partial charge on any atom is -0.497 e. The molecular weight excluding hydrogens is 376 g/mol. The number of hydrogen-bond donors (Lipinski definition) is 1. The molecule has 126 valence electrons. The van der Waals surface area contributed by atoms with Gasteiger partial charge in [0.15, 0.2) is 6.61 Å². The monoisotopic (exact) mass is 392 g/mol. The summed E-state index contributed by atoms with van der Waals surface area (Å²) in [5.41, 5.74) is 3.14. The quantitative estimate of drug-likeness (QED) is 0.580. The largest absolute Gasteiger partial charge is 0.497 e. The summed E-state index contributed by atoms with van der Waals surface area (Å²) in [5.74, 6) is 1.59. The molecule has 24 heavy (non-hydrogen) atoms. The van der Waals surface area contributed by atoms with Gasteiger partial charge in [-0.05, 0) is 42.5 Å². The third-order valence-corrected chi connectivity index (χ3v) is 3.51. The molecule has 1 amide bonds. The lowest BCUT2D eigenvalue weighted by Crippen LogP contribution is -2.24. The summed E-state index contributed by atoms with van der Waals surface area (Å²) in [6, 6.07) is 12.5. The zero-order valence-electron chi connectivity index (χ0n) is 13.3. The summed E-state index contributed by atoms with van der Waals surface area (Å²) in [7, 11) is 3.16. The average molecular weight is 393 g/mol. The Labute approximate surface area is 148 Å². The Hall–Kier alpha value is -2.54. The highest BCUT2D eigenvalue weighted by Gasteiger charge is 2.03. The first-order chi connectivity index (χ1) is 11.6. The Balaban J connectivity index is 1.85. The molecule has 0 radical (unpaired) electrons. The van der Waals surface area contributed by atoms with Gasteiger partial charge in [0.1, 0.15) is 17.2 Å². The van der Waals surface area contributed by atoms with Crippen molar-refractivity contribution in [2.24, 2.45) is 5.10 Å². The van der Waals surface area contributed by atoms with Crippen LogP contribution in [0.2, 0.25) is 0 Å². The van der Waals surface area contributed by atoms with E-state index in [1.54, 1.807) is 44.6 Å². The number of rotatable bonds is 7. The van der Waals surface area contributed by atoms with Gasteiger partial charge in [-0.15, -0.1) is 0 Å². The van der Waals surface area contributed by atoms with Crippen LogP contribution >= 0.6 is 15.9 Å². The molecule has 0 spiro atoms. The molecular formula is C17H17BrN2O4. The number of hydrazone groups is 1. The second-order valence-corrected chi connectivity index (χ2v) is 5.56. The van der Waals surface area contributed by atoms with Gasteiger partial charge in [0.2, 0.25) is 0 Å². The van der Waals surface area contributed by atoms with Gasteiger partial charge in [0.05, 0.1) is 20.4 Å². The lowest BCUT2D eigenvalue weighted by Gasteiger charge is -2.06. The van der Waals surface area contributed by atoms with Crippen molar-refractivity contribution in [3.05, 3.63) is 52.5 Å². The fourth-order valence-electron chi connectivity index (χ4n) is 1.83. The summed E-state index contributed by atoms with van der Waals surface area (Å²) >= 11 is 3.37. The predicted octanol–water partition coefficient (Wildman–Crippen LogP) is 3.00. The van der Waals surface area contributed by atoms with Gasteiger partial charge in [0.25, 0.3) is 5.91 Å². The second kappa shape index (κ2) is 8.93. The number of carbonyl (C=O) groups is 1. The number of carbonyl (C=O) groups excluding carboxylic acids is 1. The van der Waals surface area contributed by atoms with E-state index in [1.165, 1.54) is 6.21 Å². The SMILES string of the molecule is COc1ccc(OCC(=O)N/N=C\c2cc(Br)ccc2OC)cc1. The van der Waals surface area contributed by atoms with Crippen LogP contribution in [0.3, 0.4) is 0 Å². The van der Waals surface area contributed by atoms with Gasteiger partial charge in [-0.1, -0.05) is 15.9 Å². The smallest absolute Gasteiger partial charge is 0.277 e. The molecule has 0 saturated heterocycles. The van der Waals surface area contributed by atoms with E-state index in [0.29, 0.717) is 11.5 Å². The third-order valence-electron chi connectivity index (χ3n) is 3.01. The zero-order chi connectivity index (χ0) is 17.4. The minimum atomic E-state index is -0.365. The van der Waals surface area contributed by atoms with Crippen molar-refractivity contribution in [2.45, 2.75) is 0 Å². The highest BCUT2D eigenvalue weighted by atomic mass is 79.9. The molecule has 1 N–H and O–H groups in total. The molecule has 0 heterocycles. The number of nitrogens with zero attached hydrogens (tertiary/aromatic N) is 1. The lowest BCUT2D eigenvalue weighted by molar-refractivity contribution is -0.123. The fraction of sp³-hybridized carbons (Fsp3) is 0.176. The highest BCUT2D eigenvalue weighted by molar-refractivity contribution is 9.10. The van der Waals surface area contributed by atoms with Crippen LogP contribution < -0.4 is 19.6 Å². The first-order valence-corrected chi connectivity index (χ1v) is 7.84. The van der Waals surface area contributed by atoms with Crippen molar-refractivity contribution in [3.63, 3.8) is 0 Å². The number of methoxy groups -OCH3 is 2. The Morgan fingerprint density at radius 1 is 1.12 bits per heavy atom. The maximum absolute atomic E-state index is 11.7. The molecule has 0 aromatic heterocycles. The van der Waals surface area contributed by atoms with Crippen LogP contribution in [-0.4, -0.2) is 32.9 Å². The number of benzene rings is 2. The summed E-state index contributed by atoms with van der Waals surface area (Å²) in [4.78, 5) is 11.7. The van der Waals surface area contributed by atoms with E-state index in [9.17, 15) is 4.79 Å². The molecule has 0 fully saturated rings. The number of nitrogens with one attached hydrogen (secondary N) is 1. The number of hydrogen-bond acceptors (Lipinski definition) is 5. The number of ether oxygens (including phenoxy) is 3. The molecule has 2 rings (SSSR count). The van der Waals surface area contributed by atoms with Crippen molar-refractivity contribution in [1.29, 1.82) is 0 Å². The summed E-state index contributed by atoms with van der Waals surface area (Å²) < 4.78 is 16.5. The molecule has 7 heteroatoms. The Morgan fingerprint density at radius 2 is 1.83 bits per heavy atom. The molecule has 0 atom stereocenters. The molecule has 0 aliphatic heterocycles. The van der Waals surface area contributed by atoms with Gasteiger partial charge in [-0.2, -0.15) is 5.10 Å². The van der Waals surface area contributed by atoms with Crippen molar-refractivity contribution in [1.82, 2.24) is 5.43 Å². The summed E-state index contributed by atoms with van der Waals surface area (Å²) in [5, 5.41) is 3.91. The van der Waals surface area contributed by atoms with Crippen LogP contribution in [0.5, 0.6) is 17.2 Å². The van der Waals surface area contributed by atoms with Crippen molar-refractivity contribution in [2.75, 3.05) is 20.8 Å². The van der Waals surface area contributed by atoms with E-state index < -0.39 is 0 Å². The van der Waals surface area contributed by atoms with Crippen LogP contribution in [-0.2, 0) is 4.79 Å².